The van der Waals surface area contributed by atoms with Gasteiger partial charge in [-0.15, -0.1) is 0 Å². The molecule has 7 atom stereocenters. The Hall–Kier alpha value is -3.09. The molecule has 38 heavy (non-hydrogen) atoms. The van der Waals surface area contributed by atoms with Crippen LogP contribution < -0.4 is 18.9 Å². The van der Waals surface area contributed by atoms with Crippen LogP contribution in [0.1, 0.15) is 11.1 Å². The van der Waals surface area contributed by atoms with Gasteiger partial charge in [-0.3, -0.25) is 4.79 Å². The number of benzene rings is 2. The van der Waals surface area contributed by atoms with E-state index >= 15 is 0 Å². The highest BCUT2D eigenvalue weighted by Crippen LogP contribution is 2.36. The van der Waals surface area contributed by atoms with Gasteiger partial charge < -0.3 is 48.8 Å². The predicted octanol–water partition coefficient (Wildman–Crippen LogP) is 0.466. The predicted molar refractivity (Wildman–Crippen MR) is 132 cm³/mol. The van der Waals surface area contributed by atoms with Crippen molar-refractivity contribution >= 4 is 5.97 Å². The van der Waals surface area contributed by atoms with Gasteiger partial charge in [-0.05, 0) is 48.2 Å². The SMILES string of the molecule is COc1ccc(C[C@@H]2C(=O)OC[C@H]2Cc2ccc(O[C@@H]3O[C@@H](CO)[C@@H](O)[C@@H](O)[C@H]3O)c(OC)c2)cc1OC. The van der Waals surface area contributed by atoms with Gasteiger partial charge in [0.1, 0.15) is 24.4 Å². The van der Waals surface area contributed by atoms with E-state index in [4.69, 9.17) is 28.4 Å². The molecule has 11 nitrogen and oxygen atoms in total. The standard InChI is InChI=1S/C27H34O11/c1-33-18-6-4-15(11-20(18)34-2)9-17-16(13-36-26(17)32)8-14-5-7-19(21(10-14)35-3)37-27-25(31)24(30)23(29)22(12-28)38-27/h4-7,10-11,16-17,22-25,27-31H,8-9,12-13H2,1-3H3/t16-,17+,22+,23-,24-,25-,27-/m1/s1. The second-order valence-corrected chi connectivity index (χ2v) is 9.39. The van der Waals surface area contributed by atoms with Crippen molar-refractivity contribution in [2.45, 2.75) is 43.5 Å². The Labute approximate surface area is 220 Å². The number of hydrogen-bond donors (Lipinski definition) is 4. The molecule has 0 unspecified atom stereocenters. The molecule has 11 heteroatoms. The maximum atomic E-state index is 12.6. The molecule has 0 aliphatic carbocycles. The van der Waals surface area contributed by atoms with Crippen molar-refractivity contribution in [2.75, 3.05) is 34.5 Å². The first-order chi connectivity index (χ1) is 18.3. The zero-order chi connectivity index (χ0) is 27.4. The van der Waals surface area contributed by atoms with Gasteiger partial charge >= 0.3 is 5.97 Å². The maximum absolute atomic E-state index is 12.6. The smallest absolute Gasteiger partial charge is 0.309 e. The summed E-state index contributed by atoms with van der Waals surface area (Å²) in [5.74, 6) is 1.12. The summed E-state index contributed by atoms with van der Waals surface area (Å²) in [7, 11) is 4.59. The van der Waals surface area contributed by atoms with Gasteiger partial charge in [0.05, 0.1) is 40.5 Å². The second-order valence-electron chi connectivity index (χ2n) is 9.39. The molecule has 2 aromatic rings. The molecule has 4 N–H and O–H groups in total. The molecular weight excluding hydrogens is 500 g/mol. The first kappa shape index (κ1) is 27.9. The van der Waals surface area contributed by atoms with Crippen LogP contribution in [0.25, 0.3) is 0 Å². The van der Waals surface area contributed by atoms with E-state index in [2.05, 4.69) is 0 Å². The normalized spacial score (nSPS) is 29.0. The Kier molecular flexibility index (Phi) is 8.95. The zero-order valence-electron chi connectivity index (χ0n) is 21.5. The quantitative estimate of drug-likeness (QED) is 0.315. The van der Waals surface area contributed by atoms with Crippen LogP contribution in [0.2, 0.25) is 0 Å². The number of esters is 1. The Bertz CT molecular complexity index is 1100. The van der Waals surface area contributed by atoms with E-state index in [0.29, 0.717) is 36.7 Å². The van der Waals surface area contributed by atoms with Gasteiger partial charge in [0.2, 0.25) is 6.29 Å². The summed E-state index contributed by atoms with van der Waals surface area (Å²) >= 11 is 0. The van der Waals surface area contributed by atoms with Gasteiger partial charge in [-0.1, -0.05) is 12.1 Å². The number of cyclic esters (lactones) is 1. The Morgan fingerprint density at radius 3 is 2.05 bits per heavy atom. The fourth-order valence-corrected chi connectivity index (χ4v) is 4.85. The molecule has 0 amide bonds. The van der Waals surface area contributed by atoms with Crippen LogP contribution in [-0.2, 0) is 27.1 Å². The van der Waals surface area contributed by atoms with Gasteiger partial charge in [0, 0.05) is 5.92 Å². The molecule has 0 aromatic heterocycles. The number of aliphatic hydroxyl groups excluding tert-OH is 4. The number of hydrogen-bond acceptors (Lipinski definition) is 11. The highest BCUT2D eigenvalue weighted by atomic mass is 16.7. The molecule has 208 valence electrons. The fraction of sp³-hybridized carbons (Fsp3) is 0.519. The lowest BCUT2D eigenvalue weighted by molar-refractivity contribution is -0.277. The van der Waals surface area contributed by atoms with Crippen molar-refractivity contribution in [3.8, 4) is 23.0 Å². The second kappa shape index (κ2) is 12.2. The summed E-state index contributed by atoms with van der Waals surface area (Å²) < 4.78 is 32.7. The fourth-order valence-electron chi connectivity index (χ4n) is 4.85. The van der Waals surface area contributed by atoms with Gasteiger partial charge in [0.25, 0.3) is 0 Å². The summed E-state index contributed by atoms with van der Waals surface area (Å²) in [4.78, 5) is 12.6. The van der Waals surface area contributed by atoms with E-state index in [9.17, 15) is 25.2 Å². The molecule has 4 rings (SSSR count). The van der Waals surface area contributed by atoms with Crippen LogP contribution in [0, 0.1) is 11.8 Å². The van der Waals surface area contributed by atoms with Crippen molar-refractivity contribution in [3.05, 3.63) is 47.5 Å². The molecule has 2 saturated heterocycles. The third-order valence-electron chi connectivity index (χ3n) is 7.03. The summed E-state index contributed by atoms with van der Waals surface area (Å²) in [5.41, 5.74) is 1.81. The van der Waals surface area contributed by atoms with E-state index in [1.807, 2.05) is 18.2 Å². The zero-order valence-corrected chi connectivity index (χ0v) is 21.5. The highest BCUT2D eigenvalue weighted by Gasteiger charge is 2.45. The lowest BCUT2D eigenvalue weighted by Crippen LogP contribution is -2.60. The summed E-state index contributed by atoms with van der Waals surface area (Å²) in [6.45, 7) is -0.268. The summed E-state index contributed by atoms with van der Waals surface area (Å²) in [6.07, 6.45) is -5.99. The monoisotopic (exact) mass is 534 g/mol. The Balaban J connectivity index is 1.47. The van der Waals surface area contributed by atoms with Crippen LogP contribution in [-0.4, -0.2) is 91.6 Å². The molecule has 0 bridgehead atoms. The molecule has 2 fully saturated rings. The number of ether oxygens (including phenoxy) is 6. The number of carbonyl (C=O) groups is 1. The minimum absolute atomic E-state index is 0.0717. The molecule has 2 aliphatic heterocycles. The first-order valence-corrected chi connectivity index (χ1v) is 12.3. The average molecular weight is 535 g/mol. The Morgan fingerprint density at radius 1 is 0.816 bits per heavy atom. The minimum atomic E-state index is -1.56. The molecule has 2 heterocycles. The third kappa shape index (κ3) is 5.82. The third-order valence-corrected chi connectivity index (χ3v) is 7.03. The van der Waals surface area contributed by atoms with E-state index in [0.717, 1.165) is 11.1 Å². The molecule has 0 spiro atoms. The number of carbonyl (C=O) groups excluding carboxylic acids is 1. The summed E-state index contributed by atoms with van der Waals surface area (Å²) in [5, 5.41) is 39.7. The number of rotatable bonds is 10. The number of methoxy groups -OCH3 is 3. The van der Waals surface area contributed by atoms with Crippen LogP contribution in [0.5, 0.6) is 23.0 Å². The average Bonchev–Trinajstić information content (AvgIpc) is 3.27. The topological polar surface area (TPSA) is 153 Å². The molecule has 2 aliphatic rings. The van der Waals surface area contributed by atoms with Gasteiger partial charge in [-0.2, -0.15) is 0 Å². The van der Waals surface area contributed by atoms with E-state index in [1.54, 1.807) is 32.4 Å². The van der Waals surface area contributed by atoms with E-state index < -0.39 is 37.3 Å². The van der Waals surface area contributed by atoms with Crippen molar-refractivity contribution in [3.63, 3.8) is 0 Å². The van der Waals surface area contributed by atoms with Crippen LogP contribution in [0.15, 0.2) is 36.4 Å². The van der Waals surface area contributed by atoms with Crippen LogP contribution in [0.3, 0.4) is 0 Å². The largest absolute Gasteiger partial charge is 0.493 e. The molecule has 2 aromatic carbocycles. The lowest BCUT2D eigenvalue weighted by atomic mass is 9.85. The Morgan fingerprint density at radius 2 is 1.42 bits per heavy atom. The van der Waals surface area contributed by atoms with E-state index in [1.165, 1.54) is 7.11 Å². The van der Waals surface area contributed by atoms with Gasteiger partial charge in [-0.25, -0.2) is 0 Å². The van der Waals surface area contributed by atoms with Crippen molar-refractivity contribution < 1.29 is 53.6 Å². The summed E-state index contributed by atoms with van der Waals surface area (Å²) in [6, 6.07) is 10.8. The van der Waals surface area contributed by atoms with Crippen molar-refractivity contribution in [1.29, 1.82) is 0 Å². The van der Waals surface area contributed by atoms with Gasteiger partial charge in [0.15, 0.2) is 23.0 Å². The molecule has 0 radical (unpaired) electrons. The number of aliphatic hydroxyl groups is 4. The van der Waals surface area contributed by atoms with Crippen molar-refractivity contribution in [2.24, 2.45) is 11.8 Å². The lowest BCUT2D eigenvalue weighted by Gasteiger charge is -2.39. The molecule has 0 saturated carbocycles. The van der Waals surface area contributed by atoms with E-state index in [-0.39, 0.29) is 23.6 Å². The minimum Gasteiger partial charge on any atom is -0.493 e. The first-order valence-electron chi connectivity index (χ1n) is 12.3. The maximum Gasteiger partial charge on any atom is 0.309 e. The van der Waals surface area contributed by atoms with Crippen LogP contribution in [0.4, 0.5) is 0 Å². The van der Waals surface area contributed by atoms with Crippen LogP contribution >= 0.6 is 0 Å². The highest BCUT2D eigenvalue weighted by molar-refractivity contribution is 5.75. The van der Waals surface area contributed by atoms with Crippen molar-refractivity contribution in [1.82, 2.24) is 0 Å². The molecular formula is C27H34O11.